The minimum atomic E-state index is -0.586. The minimum Gasteiger partial charge on any atom is -0.459 e. The monoisotopic (exact) mass is 391 g/mol. The van der Waals surface area contributed by atoms with Crippen molar-refractivity contribution in [1.29, 1.82) is 0 Å². The van der Waals surface area contributed by atoms with Gasteiger partial charge in [0.2, 0.25) is 5.91 Å². The van der Waals surface area contributed by atoms with E-state index in [2.05, 4.69) is 52.7 Å². The van der Waals surface area contributed by atoms with Crippen LogP contribution in [0.4, 0.5) is 0 Å². The van der Waals surface area contributed by atoms with Crippen LogP contribution in [0.15, 0.2) is 65.3 Å². The van der Waals surface area contributed by atoms with Crippen LogP contribution in [-0.4, -0.2) is 53.8 Å². The van der Waals surface area contributed by atoms with E-state index in [1.165, 1.54) is 22.6 Å². The first-order chi connectivity index (χ1) is 14.1. The summed E-state index contributed by atoms with van der Waals surface area (Å²) in [6.07, 6.45) is 1.44. The van der Waals surface area contributed by atoms with Crippen LogP contribution in [0.2, 0.25) is 0 Å². The topological polar surface area (TPSA) is 65.8 Å². The van der Waals surface area contributed by atoms with E-state index in [9.17, 15) is 9.59 Å². The fourth-order valence-corrected chi connectivity index (χ4v) is 3.81. The fraction of sp³-hybridized carbons (Fsp3) is 0.304. The highest BCUT2D eigenvalue weighted by atomic mass is 16.3. The van der Waals surface area contributed by atoms with Gasteiger partial charge >= 0.3 is 0 Å². The Kier molecular flexibility index (Phi) is 5.62. The van der Waals surface area contributed by atoms with Crippen molar-refractivity contribution in [2.24, 2.45) is 0 Å². The summed E-state index contributed by atoms with van der Waals surface area (Å²) in [6.45, 7) is 5.52. The standard InChI is InChI=1S/C23H25N3O3/c1-17(24-22(27)21-10-5-15-29-21)23(28)26-13-11-25(12-14-26)16-19-8-4-7-18-6-2-3-9-20(18)19/h2-10,15,17H,11-14,16H2,1H3,(H,24,27)/t17-/m1/s1. The molecule has 6 nitrogen and oxygen atoms in total. The fourth-order valence-electron chi connectivity index (χ4n) is 3.81. The maximum Gasteiger partial charge on any atom is 0.287 e. The van der Waals surface area contributed by atoms with Gasteiger partial charge in [0.15, 0.2) is 5.76 Å². The van der Waals surface area contributed by atoms with Crippen LogP contribution >= 0.6 is 0 Å². The number of piperazine rings is 1. The highest BCUT2D eigenvalue weighted by Gasteiger charge is 2.26. The molecule has 0 spiro atoms. The zero-order valence-corrected chi connectivity index (χ0v) is 16.5. The first kappa shape index (κ1) is 19.2. The number of fused-ring (bicyclic) bond motifs is 1. The van der Waals surface area contributed by atoms with E-state index in [0.29, 0.717) is 13.1 Å². The molecule has 1 aromatic heterocycles. The summed E-state index contributed by atoms with van der Waals surface area (Å²) in [7, 11) is 0. The van der Waals surface area contributed by atoms with Gasteiger partial charge in [-0.2, -0.15) is 0 Å². The number of rotatable bonds is 5. The molecule has 2 aromatic carbocycles. The van der Waals surface area contributed by atoms with E-state index in [-0.39, 0.29) is 17.6 Å². The number of carbonyl (C=O) groups is 2. The third-order valence-corrected chi connectivity index (χ3v) is 5.42. The number of hydrogen-bond donors (Lipinski definition) is 1. The van der Waals surface area contributed by atoms with Crippen molar-refractivity contribution in [3.8, 4) is 0 Å². The van der Waals surface area contributed by atoms with E-state index in [4.69, 9.17) is 4.42 Å². The van der Waals surface area contributed by atoms with Crippen molar-refractivity contribution in [3.63, 3.8) is 0 Å². The van der Waals surface area contributed by atoms with E-state index in [0.717, 1.165) is 19.6 Å². The lowest BCUT2D eigenvalue weighted by Crippen LogP contribution is -2.53. The summed E-state index contributed by atoms with van der Waals surface area (Å²) < 4.78 is 5.08. The number of nitrogens with one attached hydrogen (secondary N) is 1. The number of nitrogens with zero attached hydrogens (tertiary/aromatic N) is 2. The molecule has 1 aliphatic heterocycles. The minimum absolute atomic E-state index is 0.0604. The van der Waals surface area contributed by atoms with E-state index < -0.39 is 6.04 Å². The Morgan fingerprint density at radius 3 is 2.52 bits per heavy atom. The molecule has 4 rings (SSSR count). The number of benzene rings is 2. The number of carbonyl (C=O) groups excluding carboxylic acids is 2. The van der Waals surface area contributed by atoms with Crippen molar-refractivity contribution in [1.82, 2.24) is 15.1 Å². The SMILES string of the molecule is C[C@@H](NC(=O)c1ccco1)C(=O)N1CCN(Cc2cccc3ccccc23)CC1. The van der Waals surface area contributed by atoms with Crippen LogP contribution in [0.25, 0.3) is 10.8 Å². The summed E-state index contributed by atoms with van der Waals surface area (Å²) >= 11 is 0. The first-order valence-corrected chi connectivity index (χ1v) is 9.94. The highest BCUT2D eigenvalue weighted by Crippen LogP contribution is 2.20. The molecule has 1 aliphatic rings. The molecule has 6 heteroatoms. The summed E-state index contributed by atoms with van der Waals surface area (Å²) in [4.78, 5) is 29.0. The van der Waals surface area contributed by atoms with Gasteiger partial charge in [0.1, 0.15) is 6.04 Å². The van der Waals surface area contributed by atoms with Crippen LogP contribution in [0.5, 0.6) is 0 Å². The van der Waals surface area contributed by atoms with Crippen molar-refractivity contribution in [2.75, 3.05) is 26.2 Å². The quantitative estimate of drug-likeness (QED) is 0.726. The molecular weight excluding hydrogens is 366 g/mol. The Morgan fingerprint density at radius 1 is 1.00 bits per heavy atom. The number of furan rings is 1. The summed E-state index contributed by atoms with van der Waals surface area (Å²) in [5.41, 5.74) is 1.31. The van der Waals surface area contributed by atoms with Gasteiger partial charge < -0.3 is 14.6 Å². The van der Waals surface area contributed by atoms with Crippen LogP contribution in [0.1, 0.15) is 23.0 Å². The normalized spacial score (nSPS) is 16.0. The molecule has 1 fully saturated rings. The van der Waals surface area contributed by atoms with Gasteiger partial charge in [0.25, 0.3) is 5.91 Å². The molecule has 2 heterocycles. The molecule has 0 aliphatic carbocycles. The van der Waals surface area contributed by atoms with Crippen molar-refractivity contribution >= 4 is 22.6 Å². The number of hydrogen-bond acceptors (Lipinski definition) is 4. The Bertz CT molecular complexity index is 986. The largest absolute Gasteiger partial charge is 0.459 e. The summed E-state index contributed by atoms with van der Waals surface area (Å²) in [6, 6.07) is 17.5. The maximum absolute atomic E-state index is 12.7. The highest BCUT2D eigenvalue weighted by molar-refractivity contribution is 5.95. The van der Waals surface area contributed by atoms with Gasteiger partial charge in [-0.15, -0.1) is 0 Å². The molecule has 3 aromatic rings. The second kappa shape index (κ2) is 8.49. The molecule has 2 amide bonds. The Hall–Kier alpha value is -3.12. The Labute approximate surface area is 170 Å². The molecule has 0 radical (unpaired) electrons. The third kappa shape index (κ3) is 4.32. The van der Waals surface area contributed by atoms with Gasteiger partial charge in [-0.3, -0.25) is 14.5 Å². The smallest absolute Gasteiger partial charge is 0.287 e. The molecule has 150 valence electrons. The molecule has 1 atom stereocenters. The molecule has 1 saturated heterocycles. The summed E-state index contributed by atoms with van der Waals surface area (Å²) in [5.74, 6) is -0.218. The van der Waals surface area contributed by atoms with Crippen LogP contribution in [0.3, 0.4) is 0 Å². The van der Waals surface area contributed by atoms with E-state index >= 15 is 0 Å². The molecule has 0 bridgehead atoms. The van der Waals surface area contributed by atoms with Crippen molar-refractivity contribution in [3.05, 3.63) is 72.2 Å². The Balaban J connectivity index is 1.32. The van der Waals surface area contributed by atoms with Gasteiger partial charge in [-0.25, -0.2) is 0 Å². The predicted molar refractivity (Wildman–Crippen MR) is 111 cm³/mol. The second-order valence-corrected chi connectivity index (χ2v) is 7.41. The summed E-state index contributed by atoms with van der Waals surface area (Å²) in [5, 5.41) is 5.24. The van der Waals surface area contributed by atoms with Crippen molar-refractivity contribution < 1.29 is 14.0 Å². The molecule has 29 heavy (non-hydrogen) atoms. The zero-order chi connectivity index (χ0) is 20.2. The number of amides is 2. The van der Waals surface area contributed by atoms with Crippen LogP contribution in [-0.2, 0) is 11.3 Å². The van der Waals surface area contributed by atoms with E-state index in [1.807, 2.05) is 4.90 Å². The lowest BCUT2D eigenvalue weighted by molar-refractivity contribution is -0.134. The molecule has 0 saturated carbocycles. The lowest BCUT2D eigenvalue weighted by atomic mass is 10.0. The first-order valence-electron chi connectivity index (χ1n) is 9.94. The molecule has 1 N–H and O–H groups in total. The lowest BCUT2D eigenvalue weighted by Gasteiger charge is -2.36. The van der Waals surface area contributed by atoms with Gasteiger partial charge in [-0.05, 0) is 35.4 Å². The second-order valence-electron chi connectivity index (χ2n) is 7.41. The molecule has 0 unspecified atom stereocenters. The molecular formula is C23H25N3O3. The average Bonchev–Trinajstić information content (AvgIpc) is 3.29. The Morgan fingerprint density at radius 2 is 1.76 bits per heavy atom. The van der Waals surface area contributed by atoms with Crippen molar-refractivity contribution in [2.45, 2.75) is 19.5 Å². The zero-order valence-electron chi connectivity index (χ0n) is 16.5. The average molecular weight is 391 g/mol. The van der Waals surface area contributed by atoms with Crippen LogP contribution < -0.4 is 5.32 Å². The van der Waals surface area contributed by atoms with Gasteiger partial charge in [-0.1, -0.05) is 42.5 Å². The van der Waals surface area contributed by atoms with Gasteiger partial charge in [0.05, 0.1) is 6.26 Å². The maximum atomic E-state index is 12.7. The van der Waals surface area contributed by atoms with E-state index in [1.54, 1.807) is 19.1 Å². The van der Waals surface area contributed by atoms with Crippen LogP contribution in [0, 0.1) is 0 Å². The predicted octanol–water partition coefficient (Wildman–Crippen LogP) is 2.90. The van der Waals surface area contributed by atoms with Gasteiger partial charge in [0, 0.05) is 32.7 Å². The third-order valence-electron chi connectivity index (χ3n) is 5.42.